The zero-order valence-electron chi connectivity index (χ0n) is 12.6. The molecule has 0 unspecified atom stereocenters. The first kappa shape index (κ1) is 15.9. The van der Waals surface area contributed by atoms with Gasteiger partial charge < -0.3 is 9.30 Å². The van der Waals surface area contributed by atoms with Crippen LogP contribution in [-0.4, -0.2) is 27.5 Å². The van der Waals surface area contributed by atoms with Gasteiger partial charge in [0.25, 0.3) is 0 Å². The smallest absolute Gasteiger partial charge is 0.172 e. The van der Waals surface area contributed by atoms with Crippen LogP contribution in [0.4, 0.5) is 0 Å². The molecule has 0 aliphatic rings. The van der Waals surface area contributed by atoms with E-state index in [4.69, 9.17) is 4.74 Å². The molecule has 0 N–H and O–H groups in total. The van der Waals surface area contributed by atoms with Crippen molar-refractivity contribution in [3.05, 3.63) is 18.2 Å². The number of ketones is 1. The van der Waals surface area contributed by atoms with Crippen molar-refractivity contribution < 1.29 is 9.53 Å². The minimum atomic E-state index is -0.641. The van der Waals surface area contributed by atoms with Crippen molar-refractivity contribution in [3.8, 4) is 0 Å². The highest BCUT2D eigenvalue weighted by atomic mass is 16.5. The van der Waals surface area contributed by atoms with Gasteiger partial charge in [0.05, 0.1) is 6.42 Å². The molecular formula is C15H26N2O2. The summed E-state index contributed by atoms with van der Waals surface area (Å²) in [6.45, 7) is 9.55. The van der Waals surface area contributed by atoms with E-state index in [2.05, 4.69) is 16.5 Å². The molecular weight excluding hydrogens is 240 g/mol. The Morgan fingerprint density at radius 3 is 2.53 bits per heavy atom. The first-order chi connectivity index (χ1) is 9.13. The minimum absolute atomic E-state index is 0.142. The molecule has 0 saturated carbocycles. The van der Waals surface area contributed by atoms with Crippen LogP contribution in [0, 0.1) is 0 Å². The first-order valence-corrected chi connectivity index (χ1v) is 7.30. The second-order valence-corrected chi connectivity index (χ2v) is 4.77. The number of carbonyl (C=O) groups excluding carboxylic acids is 1. The molecule has 1 aromatic rings. The maximum Gasteiger partial charge on any atom is 0.172 e. The Balaban J connectivity index is 2.84. The molecule has 0 aromatic carbocycles. The molecule has 0 aliphatic heterocycles. The Morgan fingerprint density at radius 2 is 2.00 bits per heavy atom. The van der Waals surface area contributed by atoms with E-state index in [0.717, 1.165) is 18.8 Å². The van der Waals surface area contributed by atoms with Gasteiger partial charge in [-0.2, -0.15) is 0 Å². The predicted octanol–water partition coefficient (Wildman–Crippen LogP) is 3.00. The van der Waals surface area contributed by atoms with Crippen molar-refractivity contribution in [1.82, 2.24) is 9.55 Å². The van der Waals surface area contributed by atoms with E-state index >= 15 is 0 Å². The minimum Gasteiger partial charge on any atom is -0.368 e. The number of aryl methyl sites for hydroxylation is 1. The number of imidazole rings is 1. The lowest BCUT2D eigenvalue weighted by Gasteiger charge is -2.29. The number of hydrogen-bond acceptors (Lipinski definition) is 3. The van der Waals surface area contributed by atoms with E-state index < -0.39 is 5.60 Å². The van der Waals surface area contributed by atoms with Gasteiger partial charge in [0.2, 0.25) is 0 Å². The zero-order valence-corrected chi connectivity index (χ0v) is 12.6. The Labute approximate surface area is 116 Å². The van der Waals surface area contributed by atoms with E-state index in [1.54, 1.807) is 6.20 Å². The second kappa shape index (κ2) is 7.43. The van der Waals surface area contributed by atoms with Crippen LogP contribution in [0.25, 0.3) is 0 Å². The van der Waals surface area contributed by atoms with Gasteiger partial charge in [-0.05, 0) is 26.2 Å². The number of aromatic nitrogens is 2. The Bertz CT molecular complexity index is 395. The highest BCUT2D eigenvalue weighted by molar-refractivity contribution is 5.88. The standard InChI is InChI=1S/C15H26N2O2/c1-5-10-17-11-9-16-14(17)12-13(18)15(6-2,7-3)19-8-4/h9,11H,5-8,10,12H2,1-4H3. The van der Waals surface area contributed by atoms with Crippen LogP contribution in [0.5, 0.6) is 0 Å². The van der Waals surface area contributed by atoms with Crippen LogP contribution in [0.15, 0.2) is 12.4 Å². The molecule has 0 fully saturated rings. The summed E-state index contributed by atoms with van der Waals surface area (Å²) in [5, 5.41) is 0. The molecule has 4 heteroatoms. The average Bonchev–Trinajstić information content (AvgIpc) is 2.84. The molecule has 4 nitrogen and oxygen atoms in total. The highest BCUT2D eigenvalue weighted by Gasteiger charge is 2.35. The number of nitrogens with zero attached hydrogens (tertiary/aromatic N) is 2. The maximum absolute atomic E-state index is 12.6. The monoisotopic (exact) mass is 266 g/mol. The van der Waals surface area contributed by atoms with Crippen molar-refractivity contribution in [1.29, 1.82) is 0 Å². The first-order valence-electron chi connectivity index (χ1n) is 7.30. The largest absolute Gasteiger partial charge is 0.368 e. The van der Waals surface area contributed by atoms with Gasteiger partial charge in [-0.1, -0.05) is 20.8 Å². The van der Waals surface area contributed by atoms with Gasteiger partial charge in [-0.25, -0.2) is 4.98 Å². The van der Waals surface area contributed by atoms with E-state index in [1.807, 2.05) is 27.0 Å². The molecule has 0 radical (unpaired) electrons. The summed E-state index contributed by atoms with van der Waals surface area (Å²) >= 11 is 0. The van der Waals surface area contributed by atoms with E-state index in [1.165, 1.54) is 0 Å². The molecule has 0 saturated heterocycles. The van der Waals surface area contributed by atoms with Gasteiger partial charge in [0.1, 0.15) is 11.4 Å². The number of rotatable bonds is 9. The Morgan fingerprint density at radius 1 is 1.32 bits per heavy atom. The molecule has 0 bridgehead atoms. The number of hydrogen-bond donors (Lipinski definition) is 0. The van der Waals surface area contributed by atoms with Crippen LogP contribution in [0.3, 0.4) is 0 Å². The van der Waals surface area contributed by atoms with E-state index in [0.29, 0.717) is 25.9 Å². The summed E-state index contributed by atoms with van der Waals surface area (Å²) in [6.07, 6.45) is 6.52. The molecule has 0 aliphatic carbocycles. The molecule has 1 aromatic heterocycles. The summed E-state index contributed by atoms with van der Waals surface area (Å²) in [7, 11) is 0. The Kier molecular flexibility index (Phi) is 6.22. The molecule has 0 spiro atoms. The van der Waals surface area contributed by atoms with Crippen LogP contribution in [-0.2, 0) is 22.5 Å². The van der Waals surface area contributed by atoms with E-state index in [9.17, 15) is 4.79 Å². The molecule has 0 atom stereocenters. The zero-order chi connectivity index (χ0) is 14.3. The lowest BCUT2D eigenvalue weighted by atomic mass is 9.89. The number of Topliss-reactive ketones (excluding diaryl/α,β-unsaturated/α-hetero) is 1. The Hall–Kier alpha value is -1.16. The van der Waals surface area contributed by atoms with Crippen LogP contribution in [0.2, 0.25) is 0 Å². The maximum atomic E-state index is 12.6. The van der Waals surface area contributed by atoms with Crippen LogP contribution < -0.4 is 0 Å². The summed E-state index contributed by atoms with van der Waals surface area (Å²) in [6, 6.07) is 0. The van der Waals surface area contributed by atoms with E-state index in [-0.39, 0.29) is 5.78 Å². The SMILES string of the molecule is CCCn1ccnc1CC(=O)C(CC)(CC)OCC. The number of ether oxygens (including phenoxy) is 1. The highest BCUT2D eigenvalue weighted by Crippen LogP contribution is 2.23. The second-order valence-electron chi connectivity index (χ2n) is 4.77. The van der Waals surface area contributed by atoms with Crippen molar-refractivity contribution >= 4 is 5.78 Å². The lowest BCUT2D eigenvalue weighted by Crippen LogP contribution is -2.42. The van der Waals surface area contributed by atoms with Crippen molar-refractivity contribution in [2.75, 3.05) is 6.61 Å². The van der Waals surface area contributed by atoms with Gasteiger partial charge in [0.15, 0.2) is 5.78 Å². The molecule has 108 valence electrons. The molecule has 1 rings (SSSR count). The molecule has 0 amide bonds. The van der Waals surface area contributed by atoms with Gasteiger partial charge in [-0.3, -0.25) is 4.79 Å². The normalized spacial score (nSPS) is 11.8. The third kappa shape index (κ3) is 3.66. The summed E-state index contributed by atoms with van der Waals surface area (Å²) in [5.74, 6) is 0.987. The fourth-order valence-corrected chi connectivity index (χ4v) is 2.46. The summed E-state index contributed by atoms with van der Waals surface area (Å²) < 4.78 is 7.81. The molecule has 19 heavy (non-hydrogen) atoms. The summed E-state index contributed by atoms with van der Waals surface area (Å²) in [5.41, 5.74) is -0.641. The van der Waals surface area contributed by atoms with Crippen molar-refractivity contribution in [3.63, 3.8) is 0 Å². The quantitative estimate of drug-likeness (QED) is 0.690. The van der Waals surface area contributed by atoms with Gasteiger partial charge in [-0.15, -0.1) is 0 Å². The summed E-state index contributed by atoms with van der Waals surface area (Å²) in [4.78, 5) is 16.9. The third-order valence-corrected chi connectivity index (χ3v) is 3.66. The van der Waals surface area contributed by atoms with Crippen LogP contribution >= 0.6 is 0 Å². The van der Waals surface area contributed by atoms with Crippen molar-refractivity contribution in [2.45, 2.75) is 65.5 Å². The fourth-order valence-electron chi connectivity index (χ4n) is 2.46. The average molecular weight is 266 g/mol. The van der Waals surface area contributed by atoms with Gasteiger partial charge >= 0.3 is 0 Å². The molecule has 1 heterocycles. The third-order valence-electron chi connectivity index (χ3n) is 3.66. The number of carbonyl (C=O) groups is 1. The lowest BCUT2D eigenvalue weighted by molar-refractivity contribution is -0.144. The predicted molar refractivity (Wildman–Crippen MR) is 76.2 cm³/mol. The van der Waals surface area contributed by atoms with Crippen molar-refractivity contribution in [2.24, 2.45) is 0 Å². The topological polar surface area (TPSA) is 44.1 Å². The van der Waals surface area contributed by atoms with Crippen LogP contribution in [0.1, 0.15) is 52.8 Å². The fraction of sp³-hybridized carbons (Fsp3) is 0.733. The van der Waals surface area contributed by atoms with Gasteiger partial charge in [0, 0.05) is 25.5 Å².